The smallest absolute Gasteiger partial charge is 0.406 e. The van der Waals surface area contributed by atoms with Gasteiger partial charge in [-0.25, -0.2) is 9.78 Å². The Balaban J connectivity index is 2.11. The van der Waals surface area contributed by atoms with E-state index in [9.17, 15) is 18.0 Å². The standard InChI is InChI=1S/C12H9F3N2O2/c13-12(14,15)19-10-4-2-9(3-5-10)8-17-7-1-6-16-11(17)18/h1-7H,8H2. The van der Waals surface area contributed by atoms with Gasteiger partial charge in [0, 0.05) is 12.4 Å². The molecule has 0 N–H and O–H groups in total. The Morgan fingerprint density at radius 3 is 2.47 bits per heavy atom. The summed E-state index contributed by atoms with van der Waals surface area (Å²) in [6.45, 7) is 0.235. The molecule has 0 radical (unpaired) electrons. The topological polar surface area (TPSA) is 44.1 Å². The molecule has 4 nitrogen and oxygen atoms in total. The Hall–Kier alpha value is -2.31. The average Bonchev–Trinajstić information content (AvgIpc) is 2.33. The van der Waals surface area contributed by atoms with Crippen molar-refractivity contribution in [2.75, 3.05) is 0 Å². The van der Waals surface area contributed by atoms with Gasteiger partial charge >= 0.3 is 12.1 Å². The van der Waals surface area contributed by atoms with Crippen LogP contribution in [0.3, 0.4) is 0 Å². The van der Waals surface area contributed by atoms with Crippen molar-refractivity contribution >= 4 is 0 Å². The van der Waals surface area contributed by atoms with Gasteiger partial charge < -0.3 is 4.74 Å². The van der Waals surface area contributed by atoms with Crippen LogP contribution < -0.4 is 10.4 Å². The number of halogens is 3. The third-order valence-electron chi connectivity index (χ3n) is 2.29. The van der Waals surface area contributed by atoms with Crippen molar-refractivity contribution in [3.63, 3.8) is 0 Å². The number of alkyl halides is 3. The number of ether oxygens (including phenoxy) is 1. The summed E-state index contributed by atoms with van der Waals surface area (Å²) >= 11 is 0. The van der Waals surface area contributed by atoms with E-state index in [0.29, 0.717) is 5.56 Å². The van der Waals surface area contributed by atoms with Crippen molar-refractivity contribution in [3.8, 4) is 5.75 Å². The molecule has 0 aliphatic heterocycles. The Morgan fingerprint density at radius 2 is 1.89 bits per heavy atom. The fourth-order valence-electron chi connectivity index (χ4n) is 1.50. The van der Waals surface area contributed by atoms with E-state index in [2.05, 4.69) is 9.72 Å². The molecule has 0 spiro atoms. The number of benzene rings is 1. The van der Waals surface area contributed by atoms with Crippen molar-refractivity contribution in [3.05, 3.63) is 58.8 Å². The van der Waals surface area contributed by atoms with E-state index in [0.717, 1.165) is 0 Å². The van der Waals surface area contributed by atoms with E-state index in [-0.39, 0.29) is 12.3 Å². The average molecular weight is 270 g/mol. The molecule has 100 valence electrons. The maximum Gasteiger partial charge on any atom is 0.573 e. The first-order chi connectivity index (χ1) is 8.94. The Kier molecular flexibility index (Phi) is 3.55. The van der Waals surface area contributed by atoms with Crippen LogP contribution in [-0.2, 0) is 6.54 Å². The van der Waals surface area contributed by atoms with Crippen molar-refractivity contribution in [1.29, 1.82) is 0 Å². The van der Waals surface area contributed by atoms with Crippen molar-refractivity contribution in [2.45, 2.75) is 12.9 Å². The molecule has 0 unspecified atom stereocenters. The third kappa shape index (κ3) is 3.84. The molecular formula is C12H9F3N2O2. The van der Waals surface area contributed by atoms with Gasteiger partial charge in [-0.05, 0) is 23.8 Å². The molecule has 0 atom stereocenters. The molecule has 1 aromatic carbocycles. The largest absolute Gasteiger partial charge is 0.573 e. The Morgan fingerprint density at radius 1 is 1.21 bits per heavy atom. The lowest BCUT2D eigenvalue weighted by molar-refractivity contribution is -0.274. The summed E-state index contributed by atoms with van der Waals surface area (Å²) in [4.78, 5) is 14.9. The fraction of sp³-hybridized carbons (Fsp3) is 0.167. The monoisotopic (exact) mass is 270 g/mol. The van der Waals surface area contributed by atoms with Gasteiger partial charge in [-0.2, -0.15) is 0 Å². The zero-order valence-corrected chi connectivity index (χ0v) is 9.59. The summed E-state index contributed by atoms with van der Waals surface area (Å²) < 4.78 is 41.0. The summed E-state index contributed by atoms with van der Waals surface area (Å²) in [6, 6.07) is 6.91. The first kappa shape index (κ1) is 13.1. The summed E-state index contributed by atoms with van der Waals surface area (Å²) in [6.07, 6.45) is -1.78. The highest BCUT2D eigenvalue weighted by Crippen LogP contribution is 2.22. The third-order valence-corrected chi connectivity index (χ3v) is 2.29. The van der Waals surface area contributed by atoms with Gasteiger partial charge in [-0.1, -0.05) is 12.1 Å². The minimum atomic E-state index is -4.71. The molecule has 0 aliphatic rings. The normalized spacial score (nSPS) is 11.3. The highest BCUT2D eigenvalue weighted by atomic mass is 19.4. The van der Waals surface area contributed by atoms with E-state index in [4.69, 9.17) is 0 Å². The van der Waals surface area contributed by atoms with Crippen molar-refractivity contribution in [1.82, 2.24) is 9.55 Å². The fourth-order valence-corrected chi connectivity index (χ4v) is 1.50. The van der Waals surface area contributed by atoms with E-state index < -0.39 is 12.1 Å². The van der Waals surface area contributed by atoms with Crippen LogP contribution in [0, 0.1) is 0 Å². The molecule has 19 heavy (non-hydrogen) atoms. The molecule has 0 aliphatic carbocycles. The molecule has 2 aromatic rings. The minimum Gasteiger partial charge on any atom is -0.406 e. The van der Waals surface area contributed by atoms with Crippen LogP contribution >= 0.6 is 0 Å². The highest BCUT2D eigenvalue weighted by Gasteiger charge is 2.30. The first-order valence-corrected chi connectivity index (χ1v) is 5.30. The predicted molar refractivity (Wildman–Crippen MR) is 60.7 cm³/mol. The highest BCUT2D eigenvalue weighted by molar-refractivity contribution is 5.27. The molecular weight excluding hydrogens is 261 g/mol. The second kappa shape index (κ2) is 5.13. The maximum absolute atomic E-state index is 12.0. The number of hydrogen-bond acceptors (Lipinski definition) is 3. The molecule has 0 fully saturated rings. The van der Waals surface area contributed by atoms with Crippen LogP contribution in [0.2, 0.25) is 0 Å². The van der Waals surface area contributed by atoms with Crippen LogP contribution in [0.4, 0.5) is 13.2 Å². The second-order valence-corrected chi connectivity index (χ2v) is 3.72. The summed E-state index contributed by atoms with van der Waals surface area (Å²) in [7, 11) is 0. The zero-order valence-electron chi connectivity index (χ0n) is 9.59. The molecule has 0 saturated heterocycles. The SMILES string of the molecule is O=c1ncccn1Cc1ccc(OC(F)(F)F)cc1. The lowest BCUT2D eigenvalue weighted by atomic mass is 10.2. The molecule has 0 saturated carbocycles. The van der Waals surface area contributed by atoms with Crippen LogP contribution in [0.1, 0.15) is 5.56 Å². The van der Waals surface area contributed by atoms with Crippen LogP contribution in [-0.4, -0.2) is 15.9 Å². The number of nitrogens with zero attached hydrogens (tertiary/aromatic N) is 2. The Bertz CT molecular complexity index is 605. The molecule has 1 heterocycles. The predicted octanol–water partition coefficient (Wildman–Crippen LogP) is 2.19. The van der Waals surface area contributed by atoms with Gasteiger partial charge in [0.15, 0.2) is 0 Å². The summed E-state index contributed by atoms with van der Waals surface area (Å²) in [5.41, 5.74) is 0.253. The number of aromatic nitrogens is 2. The molecule has 1 aromatic heterocycles. The molecule has 0 bridgehead atoms. The first-order valence-electron chi connectivity index (χ1n) is 5.30. The van der Waals surface area contributed by atoms with E-state index in [1.807, 2.05) is 0 Å². The lowest BCUT2D eigenvalue weighted by Crippen LogP contribution is -2.21. The molecule has 7 heteroatoms. The van der Waals surface area contributed by atoms with Gasteiger partial charge in [0.25, 0.3) is 0 Å². The van der Waals surface area contributed by atoms with Crippen molar-refractivity contribution < 1.29 is 17.9 Å². The molecule has 2 rings (SSSR count). The van der Waals surface area contributed by atoms with Gasteiger partial charge in [-0.15, -0.1) is 13.2 Å². The van der Waals surface area contributed by atoms with Gasteiger partial charge in [0.2, 0.25) is 0 Å². The minimum absolute atomic E-state index is 0.235. The van der Waals surface area contributed by atoms with Gasteiger partial charge in [0.05, 0.1) is 6.54 Å². The van der Waals surface area contributed by atoms with Gasteiger partial charge in [0.1, 0.15) is 5.75 Å². The van der Waals surface area contributed by atoms with Crippen LogP contribution in [0.15, 0.2) is 47.5 Å². The number of hydrogen-bond donors (Lipinski definition) is 0. The van der Waals surface area contributed by atoms with Crippen molar-refractivity contribution in [2.24, 2.45) is 0 Å². The summed E-state index contributed by atoms with van der Waals surface area (Å²) in [5, 5.41) is 0. The van der Waals surface area contributed by atoms with Crippen LogP contribution in [0.5, 0.6) is 5.75 Å². The molecule has 0 amide bonds. The lowest BCUT2D eigenvalue weighted by Gasteiger charge is -2.09. The van der Waals surface area contributed by atoms with Gasteiger partial charge in [-0.3, -0.25) is 4.57 Å². The van der Waals surface area contributed by atoms with E-state index in [1.54, 1.807) is 12.3 Å². The maximum atomic E-state index is 12.0. The second-order valence-electron chi connectivity index (χ2n) is 3.72. The zero-order chi connectivity index (χ0) is 13.9. The number of rotatable bonds is 3. The van der Waals surface area contributed by atoms with Crippen LogP contribution in [0.25, 0.3) is 0 Å². The summed E-state index contributed by atoms with van der Waals surface area (Å²) in [5.74, 6) is -0.296. The quantitative estimate of drug-likeness (QED) is 0.858. The van der Waals surface area contributed by atoms with E-state index >= 15 is 0 Å². The van der Waals surface area contributed by atoms with E-state index in [1.165, 1.54) is 35.0 Å². The Labute approximate surface area is 106 Å².